The number of amides is 1. The topological polar surface area (TPSA) is 69.6 Å². The minimum absolute atomic E-state index is 0.0459. The number of methoxy groups -OCH3 is 1. The number of nitrogens with one attached hydrogen (secondary N) is 1. The first-order chi connectivity index (χ1) is 18.5. The predicted octanol–water partition coefficient (Wildman–Crippen LogP) is 6.42. The Hall–Kier alpha value is -4.06. The van der Waals surface area contributed by atoms with Crippen LogP contribution < -0.4 is 10.1 Å². The zero-order valence-corrected chi connectivity index (χ0v) is 23.9. The van der Waals surface area contributed by atoms with Crippen molar-refractivity contribution in [2.75, 3.05) is 13.7 Å². The average molecular weight is 527 g/mol. The van der Waals surface area contributed by atoms with Crippen LogP contribution in [0, 0.1) is 6.92 Å². The van der Waals surface area contributed by atoms with Crippen LogP contribution >= 0.6 is 0 Å². The first kappa shape index (κ1) is 28.0. The second-order valence-corrected chi connectivity index (χ2v) is 11.1. The second-order valence-electron chi connectivity index (χ2n) is 11.1. The largest absolute Gasteiger partial charge is 0.482 e. The van der Waals surface area contributed by atoms with E-state index >= 15 is 0 Å². The van der Waals surface area contributed by atoms with E-state index in [-0.39, 0.29) is 24.0 Å². The number of aromatic nitrogens is 1. The number of fused-ring (bicyclic) bond motifs is 1. The van der Waals surface area contributed by atoms with Gasteiger partial charge < -0.3 is 19.4 Å². The van der Waals surface area contributed by atoms with Gasteiger partial charge in [-0.3, -0.25) is 4.79 Å². The normalized spacial score (nSPS) is 12.3. The fourth-order valence-corrected chi connectivity index (χ4v) is 4.80. The molecule has 0 fully saturated rings. The summed E-state index contributed by atoms with van der Waals surface area (Å²) in [6.07, 6.45) is 0.700. The number of benzene rings is 3. The summed E-state index contributed by atoms with van der Waals surface area (Å²) in [4.78, 5) is 24.7. The van der Waals surface area contributed by atoms with Gasteiger partial charge in [-0.15, -0.1) is 0 Å². The van der Waals surface area contributed by atoms with Gasteiger partial charge in [-0.25, -0.2) is 4.79 Å². The molecule has 0 saturated heterocycles. The van der Waals surface area contributed by atoms with E-state index in [0.717, 1.165) is 27.7 Å². The highest BCUT2D eigenvalue weighted by Gasteiger charge is 2.19. The molecule has 1 aromatic heterocycles. The summed E-state index contributed by atoms with van der Waals surface area (Å²) in [5, 5.41) is 4.28. The summed E-state index contributed by atoms with van der Waals surface area (Å²) in [5.74, 6) is 0.108. The number of nitrogens with zero attached hydrogens (tertiary/aromatic N) is 1. The average Bonchev–Trinajstić information content (AvgIpc) is 3.15. The number of ether oxygens (including phenoxy) is 2. The van der Waals surface area contributed by atoms with Crippen LogP contribution in [0.1, 0.15) is 72.0 Å². The Bertz CT molecular complexity index is 1510. The van der Waals surface area contributed by atoms with E-state index < -0.39 is 5.97 Å². The van der Waals surface area contributed by atoms with Gasteiger partial charge in [0.2, 0.25) is 0 Å². The maximum atomic E-state index is 13.2. The molecular formula is C33H38N2O4. The van der Waals surface area contributed by atoms with Gasteiger partial charge >= 0.3 is 5.97 Å². The van der Waals surface area contributed by atoms with E-state index in [1.165, 1.54) is 18.2 Å². The minimum Gasteiger partial charge on any atom is -0.482 e. The molecule has 0 aliphatic heterocycles. The lowest BCUT2D eigenvalue weighted by atomic mass is 9.85. The molecule has 4 rings (SSSR count). The third-order valence-corrected chi connectivity index (χ3v) is 7.35. The molecule has 1 amide bonds. The fraction of sp³-hybridized carbons (Fsp3) is 0.333. The monoisotopic (exact) mass is 526 g/mol. The number of hydrogen-bond donors (Lipinski definition) is 1. The van der Waals surface area contributed by atoms with Gasteiger partial charge in [0.1, 0.15) is 5.75 Å². The number of esters is 1. The first-order valence-corrected chi connectivity index (χ1v) is 13.3. The molecule has 1 atom stereocenters. The van der Waals surface area contributed by atoms with Crippen molar-refractivity contribution in [3.63, 3.8) is 0 Å². The molecule has 0 aliphatic rings. The third kappa shape index (κ3) is 6.33. The Kier molecular flexibility index (Phi) is 8.14. The van der Waals surface area contributed by atoms with Gasteiger partial charge in [0.25, 0.3) is 5.91 Å². The van der Waals surface area contributed by atoms with E-state index in [9.17, 15) is 9.59 Å². The zero-order valence-electron chi connectivity index (χ0n) is 23.9. The van der Waals surface area contributed by atoms with E-state index in [1.54, 1.807) is 0 Å². The summed E-state index contributed by atoms with van der Waals surface area (Å²) >= 11 is 0. The summed E-state index contributed by atoms with van der Waals surface area (Å²) in [7, 11) is 3.37. The predicted molar refractivity (Wildman–Crippen MR) is 155 cm³/mol. The molecule has 0 bridgehead atoms. The van der Waals surface area contributed by atoms with E-state index in [2.05, 4.69) is 66.6 Å². The number of rotatable bonds is 8. The lowest BCUT2D eigenvalue weighted by Crippen LogP contribution is -2.27. The molecule has 3 aromatic carbocycles. The second kappa shape index (κ2) is 11.4. The molecule has 0 radical (unpaired) electrons. The van der Waals surface area contributed by atoms with E-state index in [0.29, 0.717) is 17.7 Å². The standard InChI is InChI=1S/C33H38N2O4/c1-21(24-11-9-12-26(18-24)33(3,4)5)34-32(37)25-14-15-28-29(22(2)35(6)30(28)19-25)17-23-10-8-13-27(16-23)39-20-31(36)38-7/h8-16,18-19,21H,17,20H2,1-7H3,(H,34,37)/t21-/m0/s1. The van der Waals surface area contributed by atoms with Crippen molar-refractivity contribution in [2.45, 2.75) is 52.5 Å². The Morgan fingerprint density at radius 1 is 1.00 bits per heavy atom. The van der Waals surface area contributed by atoms with Gasteiger partial charge in [-0.05, 0) is 72.2 Å². The van der Waals surface area contributed by atoms with Gasteiger partial charge in [-0.1, -0.05) is 63.2 Å². The fourth-order valence-electron chi connectivity index (χ4n) is 4.80. The van der Waals surface area contributed by atoms with Gasteiger partial charge in [0.05, 0.1) is 13.2 Å². The molecule has 0 spiro atoms. The van der Waals surface area contributed by atoms with Crippen molar-refractivity contribution in [3.05, 3.63) is 100 Å². The van der Waals surface area contributed by atoms with Crippen LogP contribution in [0.2, 0.25) is 0 Å². The van der Waals surface area contributed by atoms with Crippen LogP contribution in [-0.2, 0) is 28.4 Å². The SMILES string of the molecule is COC(=O)COc1cccc(Cc2c(C)n(C)c3cc(C(=O)N[C@@H](C)c4cccc(C(C)(C)C)c4)ccc23)c1. The number of hydrogen-bond acceptors (Lipinski definition) is 4. The van der Waals surface area contributed by atoms with Gasteiger partial charge in [0, 0.05) is 29.2 Å². The zero-order chi connectivity index (χ0) is 28.3. The van der Waals surface area contributed by atoms with Crippen molar-refractivity contribution in [2.24, 2.45) is 7.05 Å². The van der Waals surface area contributed by atoms with Crippen LogP contribution in [0.25, 0.3) is 10.9 Å². The van der Waals surface area contributed by atoms with Crippen LogP contribution in [0.5, 0.6) is 5.75 Å². The summed E-state index contributed by atoms with van der Waals surface area (Å²) in [5.41, 5.74) is 7.42. The number of carbonyl (C=O) groups is 2. The maximum Gasteiger partial charge on any atom is 0.343 e. The summed E-state index contributed by atoms with van der Waals surface area (Å²) < 4.78 is 12.4. The molecule has 0 aliphatic carbocycles. The first-order valence-electron chi connectivity index (χ1n) is 13.3. The molecule has 1 N–H and O–H groups in total. The summed E-state index contributed by atoms with van der Waals surface area (Å²) in [6.45, 7) is 10.6. The highest BCUT2D eigenvalue weighted by Crippen LogP contribution is 2.30. The lowest BCUT2D eigenvalue weighted by molar-refractivity contribution is -0.142. The van der Waals surface area contributed by atoms with E-state index in [1.807, 2.05) is 56.4 Å². The highest BCUT2D eigenvalue weighted by atomic mass is 16.6. The molecule has 0 saturated carbocycles. The molecular weight excluding hydrogens is 488 g/mol. The number of carbonyl (C=O) groups excluding carboxylic acids is 2. The highest BCUT2D eigenvalue weighted by molar-refractivity contribution is 5.99. The molecule has 6 nitrogen and oxygen atoms in total. The summed E-state index contributed by atoms with van der Waals surface area (Å²) in [6, 6.07) is 21.9. The van der Waals surface area contributed by atoms with Crippen molar-refractivity contribution in [3.8, 4) is 5.75 Å². The van der Waals surface area contributed by atoms with Crippen LogP contribution in [0.15, 0.2) is 66.7 Å². The van der Waals surface area contributed by atoms with Crippen molar-refractivity contribution in [1.82, 2.24) is 9.88 Å². The molecule has 204 valence electrons. The minimum atomic E-state index is -0.419. The maximum absolute atomic E-state index is 13.2. The van der Waals surface area contributed by atoms with Crippen molar-refractivity contribution >= 4 is 22.8 Å². The molecule has 0 unspecified atom stereocenters. The van der Waals surface area contributed by atoms with Gasteiger partial charge in [-0.2, -0.15) is 0 Å². The smallest absolute Gasteiger partial charge is 0.343 e. The van der Waals surface area contributed by atoms with Gasteiger partial charge in [0.15, 0.2) is 6.61 Å². The Labute approximate surface area is 230 Å². The molecule has 4 aromatic rings. The van der Waals surface area contributed by atoms with Crippen LogP contribution in [0.4, 0.5) is 0 Å². The molecule has 1 heterocycles. The molecule has 39 heavy (non-hydrogen) atoms. The third-order valence-electron chi connectivity index (χ3n) is 7.35. The Balaban J connectivity index is 1.54. The van der Waals surface area contributed by atoms with Crippen LogP contribution in [0.3, 0.4) is 0 Å². The molecule has 6 heteroatoms. The Morgan fingerprint density at radius 2 is 1.74 bits per heavy atom. The van der Waals surface area contributed by atoms with Crippen molar-refractivity contribution < 1.29 is 19.1 Å². The number of aryl methyl sites for hydroxylation is 1. The van der Waals surface area contributed by atoms with E-state index in [4.69, 9.17) is 4.74 Å². The Morgan fingerprint density at radius 3 is 2.46 bits per heavy atom. The lowest BCUT2D eigenvalue weighted by Gasteiger charge is -2.22. The van der Waals surface area contributed by atoms with Crippen molar-refractivity contribution in [1.29, 1.82) is 0 Å². The quantitative estimate of drug-likeness (QED) is 0.269. The van der Waals surface area contributed by atoms with Crippen LogP contribution in [-0.4, -0.2) is 30.2 Å².